The molecule has 5 rings (SSSR count). The summed E-state index contributed by atoms with van der Waals surface area (Å²) >= 11 is 0. The van der Waals surface area contributed by atoms with E-state index < -0.39 is 0 Å². The first-order valence-corrected chi connectivity index (χ1v) is 9.98. The largest absolute Gasteiger partial charge is 0.336 e. The second kappa shape index (κ2) is 7.32. The molecule has 1 N–H and O–H groups in total. The molecule has 0 bridgehead atoms. The third kappa shape index (κ3) is 3.31. The van der Waals surface area contributed by atoms with E-state index in [1.807, 2.05) is 54.8 Å². The van der Waals surface area contributed by atoms with Crippen LogP contribution in [0, 0.1) is 6.92 Å². The summed E-state index contributed by atoms with van der Waals surface area (Å²) < 4.78 is 7.22. The van der Waals surface area contributed by atoms with Crippen molar-refractivity contribution in [2.24, 2.45) is 0 Å². The van der Waals surface area contributed by atoms with Gasteiger partial charge in [0.2, 0.25) is 0 Å². The number of aromatic nitrogens is 5. The molecule has 8 nitrogen and oxygen atoms in total. The summed E-state index contributed by atoms with van der Waals surface area (Å²) in [5.74, 6) is 0.602. The Morgan fingerprint density at radius 3 is 2.74 bits per heavy atom. The zero-order valence-electron chi connectivity index (χ0n) is 17.3. The summed E-state index contributed by atoms with van der Waals surface area (Å²) in [5.41, 5.74) is 4.70. The number of fused-ring (bicyclic) bond motifs is 2. The SMILES string of the molecule is Cc1noc2nc(C(C)C)cc(C(=O)Nc3ccc(-n4cnc5ccccc54)nc3)c12. The summed E-state index contributed by atoms with van der Waals surface area (Å²) in [5, 5.41) is 7.51. The number of aryl methyl sites for hydroxylation is 1. The molecule has 8 heteroatoms. The molecule has 1 amide bonds. The van der Waals surface area contributed by atoms with Gasteiger partial charge in [-0.1, -0.05) is 31.1 Å². The van der Waals surface area contributed by atoms with Gasteiger partial charge in [-0.3, -0.25) is 9.36 Å². The summed E-state index contributed by atoms with van der Waals surface area (Å²) in [6.07, 6.45) is 3.37. The molecular weight excluding hydrogens is 392 g/mol. The molecule has 0 aliphatic rings. The Kier molecular flexibility index (Phi) is 4.47. The molecule has 0 saturated heterocycles. The summed E-state index contributed by atoms with van der Waals surface area (Å²) in [4.78, 5) is 26.5. The first kappa shape index (κ1) is 18.9. The van der Waals surface area contributed by atoms with Crippen LogP contribution in [0.1, 0.15) is 41.5 Å². The van der Waals surface area contributed by atoms with Crippen molar-refractivity contribution in [3.8, 4) is 5.82 Å². The lowest BCUT2D eigenvalue weighted by molar-refractivity contribution is 0.102. The third-order valence-corrected chi connectivity index (χ3v) is 5.18. The van der Waals surface area contributed by atoms with E-state index in [1.165, 1.54) is 0 Å². The molecule has 0 saturated carbocycles. The van der Waals surface area contributed by atoms with E-state index in [2.05, 4.69) is 25.4 Å². The fraction of sp³-hybridized carbons (Fsp3) is 0.174. The van der Waals surface area contributed by atoms with Crippen molar-refractivity contribution < 1.29 is 9.32 Å². The summed E-state index contributed by atoms with van der Waals surface area (Å²) in [7, 11) is 0. The van der Waals surface area contributed by atoms with Gasteiger partial charge in [-0.05, 0) is 43.2 Å². The van der Waals surface area contributed by atoms with Crippen molar-refractivity contribution in [3.63, 3.8) is 0 Å². The molecule has 4 heterocycles. The Morgan fingerprint density at radius 1 is 1.13 bits per heavy atom. The standard InChI is InChI=1S/C23H20N6O2/c1-13(2)18-10-16(21-14(3)28-31-23(21)27-18)22(30)26-15-8-9-20(24-11-15)29-12-25-17-6-4-5-7-19(17)29/h4-13H,1-3H3,(H,26,30). The highest BCUT2D eigenvalue weighted by Gasteiger charge is 2.20. The Labute approximate surface area is 177 Å². The maximum Gasteiger partial charge on any atom is 0.259 e. The lowest BCUT2D eigenvalue weighted by atomic mass is 10.0. The van der Waals surface area contributed by atoms with Gasteiger partial charge in [0.05, 0.1) is 39.6 Å². The number of rotatable bonds is 4. The lowest BCUT2D eigenvalue weighted by Crippen LogP contribution is -2.14. The van der Waals surface area contributed by atoms with E-state index in [1.54, 1.807) is 25.5 Å². The zero-order chi connectivity index (χ0) is 21.5. The summed E-state index contributed by atoms with van der Waals surface area (Å²) in [6, 6.07) is 13.3. The van der Waals surface area contributed by atoms with E-state index in [9.17, 15) is 4.79 Å². The highest BCUT2D eigenvalue weighted by molar-refractivity contribution is 6.12. The third-order valence-electron chi connectivity index (χ3n) is 5.18. The summed E-state index contributed by atoms with van der Waals surface area (Å²) in [6.45, 7) is 5.83. The number of anilines is 1. The predicted octanol–water partition coefficient (Wildman–Crippen LogP) is 4.64. The molecule has 0 atom stereocenters. The number of carbonyl (C=O) groups excluding carboxylic acids is 1. The molecule has 0 radical (unpaired) electrons. The highest BCUT2D eigenvalue weighted by atomic mass is 16.5. The van der Waals surface area contributed by atoms with Crippen molar-refractivity contribution in [3.05, 3.63) is 71.9 Å². The highest BCUT2D eigenvalue weighted by Crippen LogP contribution is 2.26. The number of benzene rings is 1. The minimum absolute atomic E-state index is 0.146. The van der Waals surface area contributed by atoms with E-state index in [4.69, 9.17) is 4.52 Å². The van der Waals surface area contributed by atoms with E-state index in [0.717, 1.165) is 22.5 Å². The van der Waals surface area contributed by atoms with Crippen LogP contribution < -0.4 is 5.32 Å². The number of carbonyl (C=O) groups is 1. The average molecular weight is 412 g/mol. The van der Waals surface area contributed by atoms with Crippen LogP contribution in [-0.2, 0) is 0 Å². The van der Waals surface area contributed by atoms with Gasteiger partial charge in [-0.2, -0.15) is 0 Å². The number of pyridine rings is 2. The van der Waals surface area contributed by atoms with Crippen molar-refractivity contribution in [1.82, 2.24) is 24.7 Å². The van der Waals surface area contributed by atoms with Crippen molar-refractivity contribution in [1.29, 1.82) is 0 Å². The van der Waals surface area contributed by atoms with E-state index >= 15 is 0 Å². The average Bonchev–Trinajstić information content (AvgIpc) is 3.37. The van der Waals surface area contributed by atoms with E-state index in [0.29, 0.717) is 28.0 Å². The van der Waals surface area contributed by atoms with Gasteiger partial charge >= 0.3 is 0 Å². The monoisotopic (exact) mass is 412 g/mol. The van der Waals surface area contributed by atoms with Crippen molar-refractivity contribution >= 4 is 33.7 Å². The van der Waals surface area contributed by atoms with Gasteiger partial charge in [-0.15, -0.1) is 0 Å². The van der Waals surface area contributed by atoms with Gasteiger partial charge in [0.25, 0.3) is 11.6 Å². The topological polar surface area (TPSA) is 98.7 Å². The van der Waals surface area contributed by atoms with Gasteiger partial charge < -0.3 is 9.84 Å². The van der Waals surface area contributed by atoms with Gasteiger partial charge in [0.1, 0.15) is 12.1 Å². The number of hydrogen-bond donors (Lipinski definition) is 1. The van der Waals surface area contributed by atoms with Crippen LogP contribution in [0.4, 0.5) is 5.69 Å². The number of nitrogens with one attached hydrogen (secondary N) is 1. The van der Waals surface area contributed by atoms with Crippen LogP contribution in [0.3, 0.4) is 0 Å². The Hall–Kier alpha value is -4.07. The molecular formula is C23H20N6O2. The lowest BCUT2D eigenvalue weighted by Gasteiger charge is -2.10. The fourth-order valence-corrected chi connectivity index (χ4v) is 3.53. The fourth-order valence-electron chi connectivity index (χ4n) is 3.53. The Bertz CT molecular complexity index is 1420. The smallest absolute Gasteiger partial charge is 0.259 e. The second-order valence-corrected chi connectivity index (χ2v) is 7.66. The first-order valence-electron chi connectivity index (χ1n) is 9.98. The minimum Gasteiger partial charge on any atom is -0.336 e. The van der Waals surface area contributed by atoms with Gasteiger partial charge in [0.15, 0.2) is 0 Å². The van der Waals surface area contributed by atoms with Crippen LogP contribution >= 0.6 is 0 Å². The molecule has 0 spiro atoms. The molecule has 154 valence electrons. The second-order valence-electron chi connectivity index (χ2n) is 7.66. The number of nitrogens with zero attached hydrogens (tertiary/aromatic N) is 5. The zero-order valence-corrected chi connectivity index (χ0v) is 17.3. The molecule has 0 unspecified atom stereocenters. The molecule has 0 fully saturated rings. The van der Waals surface area contributed by atoms with Gasteiger partial charge in [0, 0.05) is 5.69 Å². The Balaban J connectivity index is 1.45. The van der Waals surface area contributed by atoms with Crippen LogP contribution in [0.25, 0.3) is 28.0 Å². The maximum atomic E-state index is 13.1. The molecule has 1 aromatic carbocycles. The van der Waals surface area contributed by atoms with Crippen LogP contribution in [-0.4, -0.2) is 30.6 Å². The number of imidazole rings is 1. The van der Waals surface area contributed by atoms with Crippen molar-refractivity contribution in [2.75, 3.05) is 5.32 Å². The van der Waals surface area contributed by atoms with Crippen LogP contribution in [0.2, 0.25) is 0 Å². The molecule has 4 aromatic heterocycles. The van der Waals surface area contributed by atoms with Gasteiger partial charge in [-0.25, -0.2) is 15.0 Å². The Morgan fingerprint density at radius 2 is 1.97 bits per heavy atom. The predicted molar refractivity (Wildman–Crippen MR) is 117 cm³/mol. The van der Waals surface area contributed by atoms with E-state index in [-0.39, 0.29) is 11.8 Å². The molecule has 5 aromatic rings. The number of hydrogen-bond acceptors (Lipinski definition) is 6. The maximum absolute atomic E-state index is 13.1. The quantitative estimate of drug-likeness (QED) is 0.462. The number of amides is 1. The van der Waals surface area contributed by atoms with Crippen LogP contribution in [0.5, 0.6) is 0 Å². The number of para-hydroxylation sites is 2. The molecule has 0 aliphatic carbocycles. The minimum atomic E-state index is -0.261. The molecule has 31 heavy (non-hydrogen) atoms. The van der Waals surface area contributed by atoms with Crippen LogP contribution in [0.15, 0.2) is 59.5 Å². The first-order chi connectivity index (χ1) is 15.0. The normalized spacial score (nSPS) is 11.5. The molecule has 0 aliphatic heterocycles. The van der Waals surface area contributed by atoms with Crippen molar-refractivity contribution in [2.45, 2.75) is 26.7 Å².